The molecule has 61 heavy (non-hydrogen) atoms. The summed E-state index contributed by atoms with van der Waals surface area (Å²) >= 11 is 0. The van der Waals surface area contributed by atoms with Gasteiger partial charge in [0.25, 0.3) is 0 Å². The Balaban J connectivity index is 4.38. The van der Waals surface area contributed by atoms with Crippen LogP contribution in [0.2, 0.25) is 0 Å². The van der Waals surface area contributed by atoms with Crippen LogP contribution >= 0.6 is 0 Å². The zero-order chi connectivity index (χ0) is 44.4. The Kier molecular flexibility index (Phi) is 47.4. The van der Waals surface area contributed by atoms with Crippen molar-refractivity contribution in [2.45, 2.75) is 258 Å². The molecule has 0 rings (SSSR count). The standard InChI is InChI=1S/C55H96O6/c1-4-7-10-13-16-19-21-23-25-27-28-30-31-33-36-39-42-45-48-54(57)60-51-52(50-59-53(56)47-44-41-38-35-18-15-12-9-6-3)61-55(58)49-46-43-40-37-34-32-29-26-24-22-20-17-14-11-8-5-2/h16,19,21,23,25,27-28,30,35,38,52H,4-15,17-18,20,22,24,26,29,31-34,36-37,39-51H2,1-3H3/b19-16-,23-21-,27-25-,30-28-,38-35-. The van der Waals surface area contributed by atoms with Gasteiger partial charge in [-0.1, -0.05) is 229 Å². The molecule has 0 aromatic rings. The summed E-state index contributed by atoms with van der Waals surface area (Å²) in [5.74, 6) is -0.945. The molecule has 0 heterocycles. The van der Waals surface area contributed by atoms with E-state index < -0.39 is 6.10 Å². The van der Waals surface area contributed by atoms with Crippen LogP contribution in [-0.2, 0) is 28.6 Å². The van der Waals surface area contributed by atoms with E-state index in [0.717, 1.165) is 77.0 Å². The number of ether oxygens (including phenoxy) is 3. The molecule has 0 spiro atoms. The normalized spacial score (nSPS) is 12.5. The zero-order valence-corrected chi connectivity index (χ0v) is 40.2. The van der Waals surface area contributed by atoms with Crippen molar-refractivity contribution >= 4 is 17.9 Å². The monoisotopic (exact) mass is 853 g/mol. The maximum Gasteiger partial charge on any atom is 0.306 e. The molecule has 0 N–H and O–H groups in total. The van der Waals surface area contributed by atoms with E-state index in [2.05, 4.69) is 81.5 Å². The average Bonchev–Trinajstić information content (AvgIpc) is 3.26. The quantitative estimate of drug-likeness (QED) is 0.0200. The lowest BCUT2D eigenvalue weighted by molar-refractivity contribution is -0.167. The van der Waals surface area contributed by atoms with Gasteiger partial charge in [-0.05, 0) is 64.2 Å². The SMILES string of the molecule is CCCCC\C=C/C=C\C=C/C=C\CCCCCCCC(=O)OCC(COC(=O)CCC/C=C\CCCCCC)OC(=O)CCCCCCCCCCCCCCCCCC. The lowest BCUT2D eigenvalue weighted by Crippen LogP contribution is -2.30. The van der Waals surface area contributed by atoms with Crippen LogP contribution in [0.4, 0.5) is 0 Å². The molecule has 0 aromatic carbocycles. The lowest BCUT2D eigenvalue weighted by atomic mass is 10.0. The molecule has 0 bridgehead atoms. The van der Waals surface area contributed by atoms with Crippen LogP contribution in [0.5, 0.6) is 0 Å². The fraction of sp³-hybridized carbons (Fsp3) is 0.764. The van der Waals surface area contributed by atoms with E-state index in [1.54, 1.807) is 0 Å². The number of allylic oxidation sites excluding steroid dienone is 10. The molecule has 6 nitrogen and oxygen atoms in total. The largest absolute Gasteiger partial charge is 0.462 e. The van der Waals surface area contributed by atoms with Crippen molar-refractivity contribution in [3.8, 4) is 0 Å². The second-order valence-electron chi connectivity index (χ2n) is 17.2. The van der Waals surface area contributed by atoms with Crippen LogP contribution in [-0.4, -0.2) is 37.2 Å². The molecule has 0 saturated heterocycles. The van der Waals surface area contributed by atoms with Crippen LogP contribution in [0, 0.1) is 0 Å². The second-order valence-corrected chi connectivity index (χ2v) is 17.2. The molecule has 352 valence electrons. The van der Waals surface area contributed by atoms with Crippen LogP contribution < -0.4 is 0 Å². The smallest absolute Gasteiger partial charge is 0.306 e. The number of hydrogen-bond acceptors (Lipinski definition) is 6. The summed E-state index contributed by atoms with van der Waals surface area (Å²) in [5.41, 5.74) is 0. The van der Waals surface area contributed by atoms with Gasteiger partial charge in [-0.25, -0.2) is 0 Å². The van der Waals surface area contributed by atoms with E-state index in [9.17, 15) is 14.4 Å². The van der Waals surface area contributed by atoms with Crippen molar-refractivity contribution in [2.75, 3.05) is 13.2 Å². The Morgan fingerprint density at radius 1 is 0.328 bits per heavy atom. The minimum atomic E-state index is -0.791. The first-order valence-corrected chi connectivity index (χ1v) is 25.8. The Hall–Kier alpha value is -2.89. The van der Waals surface area contributed by atoms with Crippen molar-refractivity contribution in [3.63, 3.8) is 0 Å². The molecule has 0 fully saturated rings. The molecule has 0 radical (unpaired) electrons. The highest BCUT2D eigenvalue weighted by Crippen LogP contribution is 2.15. The van der Waals surface area contributed by atoms with E-state index in [4.69, 9.17) is 14.2 Å². The molecular formula is C55H96O6. The predicted molar refractivity (Wildman–Crippen MR) is 261 cm³/mol. The molecule has 0 aliphatic rings. The molecule has 0 aromatic heterocycles. The van der Waals surface area contributed by atoms with Crippen molar-refractivity contribution in [1.82, 2.24) is 0 Å². The Bertz CT molecular complexity index is 1120. The van der Waals surface area contributed by atoms with Gasteiger partial charge in [0.15, 0.2) is 6.10 Å². The summed E-state index contributed by atoms with van der Waals surface area (Å²) in [6.45, 7) is 6.53. The van der Waals surface area contributed by atoms with E-state index in [0.29, 0.717) is 25.7 Å². The minimum absolute atomic E-state index is 0.0934. The fourth-order valence-corrected chi connectivity index (χ4v) is 7.16. The Morgan fingerprint density at radius 2 is 0.623 bits per heavy atom. The summed E-state index contributed by atoms with van der Waals surface area (Å²) in [7, 11) is 0. The molecule has 1 atom stereocenters. The third-order valence-electron chi connectivity index (χ3n) is 11.1. The van der Waals surface area contributed by atoms with E-state index in [1.165, 1.54) is 128 Å². The summed E-state index contributed by atoms with van der Waals surface area (Å²) in [6, 6.07) is 0. The van der Waals surface area contributed by atoms with Gasteiger partial charge < -0.3 is 14.2 Å². The van der Waals surface area contributed by atoms with E-state index >= 15 is 0 Å². The van der Waals surface area contributed by atoms with Gasteiger partial charge in [-0.3, -0.25) is 14.4 Å². The van der Waals surface area contributed by atoms with Crippen LogP contribution in [0.15, 0.2) is 60.8 Å². The Morgan fingerprint density at radius 3 is 1.08 bits per heavy atom. The molecule has 0 amide bonds. The van der Waals surface area contributed by atoms with Gasteiger partial charge in [0.05, 0.1) is 0 Å². The maximum atomic E-state index is 12.8. The molecule has 0 aliphatic heterocycles. The zero-order valence-electron chi connectivity index (χ0n) is 40.2. The van der Waals surface area contributed by atoms with E-state index in [1.807, 2.05) is 0 Å². The molecule has 1 unspecified atom stereocenters. The molecule has 0 aliphatic carbocycles. The molecule has 0 saturated carbocycles. The third-order valence-corrected chi connectivity index (χ3v) is 11.1. The number of carbonyl (C=O) groups is 3. The van der Waals surface area contributed by atoms with Gasteiger partial charge in [0, 0.05) is 19.3 Å². The first kappa shape index (κ1) is 58.1. The number of unbranched alkanes of at least 4 members (excludes halogenated alkanes) is 28. The molecular weight excluding hydrogens is 757 g/mol. The maximum absolute atomic E-state index is 12.8. The van der Waals surface area contributed by atoms with Gasteiger partial charge >= 0.3 is 17.9 Å². The number of rotatable bonds is 46. The van der Waals surface area contributed by atoms with Crippen molar-refractivity contribution in [1.29, 1.82) is 0 Å². The van der Waals surface area contributed by atoms with Crippen LogP contribution in [0.1, 0.15) is 252 Å². The Labute approximate surface area is 377 Å². The van der Waals surface area contributed by atoms with Gasteiger partial charge in [-0.15, -0.1) is 0 Å². The minimum Gasteiger partial charge on any atom is -0.462 e. The third kappa shape index (κ3) is 48.0. The number of carbonyl (C=O) groups excluding carboxylic acids is 3. The lowest BCUT2D eigenvalue weighted by Gasteiger charge is -2.18. The summed E-state index contributed by atoms with van der Waals surface area (Å²) in [5, 5.41) is 0. The van der Waals surface area contributed by atoms with Crippen molar-refractivity contribution < 1.29 is 28.6 Å². The number of hydrogen-bond donors (Lipinski definition) is 0. The van der Waals surface area contributed by atoms with Crippen molar-refractivity contribution in [3.05, 3.63) is 60.8 Å². The van der Waals surface area contributed by atoms with Crippen molar-refractivity contribution in [2.24, 2.45) is 0 Å². The van der Waals surface area contributed by atoms with Gasteiger partial charge in [0.2, 0.25) is 0 Å². The number of esters is 3. The predicted octanol–water partition coefficient (Wildman–Crippen LogP) is 16.9. The highest BCUT2D eigenvalue weighted by atomic mass is 16.6. The molecule has 6 heteroatoms. The topological polar surface area (TPSA) is 78.9 Å². The first-order chi connectivity index (χ1) is 30.0. The first-order valence-electron chi connectivity index (χ1n) is 25.8. The average molecular weight is 853 g/mol. The summed E-state index contributed by atoms with van der Waals surface area (Å²) in [6.07, 6.45) is 60.7. The highest BCUT2D eigenvalue weighted by molar-refractivity contribution is 5.71. The van der Waals surface area contributed by atoms with E-state index in [-0.39, 0.29) is 31.1 Å². The van der Waals surface area contributed by atoms with Crippen LogP contribution in [0.3, 0.4) is 0 Å². The second kappa shape index (κ2) is 49.8. The van der Waals surface area contributed by atoms with Crippen LogP contribution in [0.25, 0.3) is 0 Å². The fourth-order valence-electron chi connectivity index (χ4n) is 7.16. The highest BCUT2D eigenvalue weighted by Gasteiger charge is 2.19. The summed E-state index contributed by atoms with van der Waals surface area (Å²) in [4.78, 5) is 37.9. The van der Waals surface area contributed by atoms with Gasteiger partial charge in [-0.2, -0.15) is 0 Å². The summed E-state index contributed by atoms with van der Waals surface area (Å²) < 4.78 is 16.7. The van der Waals surface area contributed by atoms with Gasteiger partial charge in [0.1, 0.15) is 13.2 Å².